The van der Waals surface area contributed by atoms with Crippen LogP contribution >= 0.6 is 0 Å². The highest BCUT2D eigenvalue weighted by atomic mass is 16.5. The molecule has 0 saturated carbocycles. The van der Waals surface area contributed by atoms with E-state index in [1.165, 1.54) is 5.56 Å². The van der Waals surface area contributed by atoms with Crippen molar-refractivity contribution in [2.75, 3.05) is 26.4 Å². The Morgan fingerprint density at radius 3 is 2.71 bits per heavy atom. The molecule has 0 radical (unpaired) electrons. The SMILES string of the molecule is CCCNC(CCCOCC)c1cncc(OCCC)c1. The molecule has 0 fully saturated rings. The van der Waals surface area contributed by atoms with Gasteiger partial charge in [0.1, 0.15) is 5.75 Å². The summed E-state index contributed by atoms with van der Waals surface area (Å²) in [6.45, 7) is 9.68. The standard InChI is InChI=1S/C17H30N2O2/c1-4-9-19-17(8-7-11-20-6-3)15-12-16(14-18-13-15)21-10-5-2/h12-14,17,19H,4-11H2,1-3H3. The maximum Gasteiger partial charge on any atom is 0.137 e. The number of hydrogen-bond donors (Lipinski definition) is 1. The third-order valence-corrected chi connectivity index (χ3v) is 3.24. The number of nitrogens with one attached hydrogen (secondary N) is 1. The molecule has 0 bridgehead atoms. The Balaban J connectivity index is 2.62. The van der Waals surface area contributed by atoms with E-state index >= 15 is 0 Å². The van der Waals surface area contributed by atoms with Crippen molar-refractivity contribution in [2.45, 2.75) is 52.5 Å². The molecule has 1 unspecified atom stereocenters. The summed E-state index contributed by atoms with van der Waals surface area (Å²) < 4.78 is 11.1. The van der Waals surface area contributed by atoms with E-state index in [1.807, 2.05) is 13.1 Å². The predicted molar refractivity (Wildman–Crippen MR) is 86.8 cm³/mol. The molecule has 1 rings (SSSR count). The molecule has 0 spiro atoms. The maximum absolute atomic E-state index is 5.68. The molecule has 1 aromatic heterocycles. The van der Waals surface area contributed by atoms with Crippen molar-refractivity contribution < 1.29 is 9.47 Å². The molecule has 0 aliphatic carbocycles. The summed E-state index contributed by atoms with van der Waals surface area (Å²) in [6.07, 6.45) is 7.97. The average Bonchev–Trinajstić information content (AvgIpc) is 2.52. The average molecular weight is 294 g/mol. The minimum Gasteiger partial charge on any atom is -0.492 e. The van der Waals surface area contributed by atoms with Gasteiger partial charge in [0.15, 0.2) is 0 Å². The lowest BCUT2D eigenvalue weighted by atomic mass is 10.0. The first-order valence-electron chi connectivity index (χ1n) is 8.20. The minimum atomic E-state index is 0.322. The van der Waals surface area contributed by atoms with E-state index in [2.05, 4.69) is 30.2 Å². The van der Waals surface area contributed by atoms with Crippen LogP contribution in [0.15, 0.2) is 18.5 Å². The molecule has 0 amide bonds. The molecule has 120 valence electrons. The van der Waals surface area contributed by atoms with Crippen molar-refractivity contribution in [2.24, 2.45) is 0 Å². The fraction of sp³-hybridized carbons (Fsp3) is 0.706. The molecular formula is C17H30N2O2. The Kier molecular flexibility index (Phi) is 9.83. The van der Waals surface area contributed by atoms with Crippen molar-refractivity contribution in [3.05, 3.63) is 24.0 Å². The molecule has 0 aliphatic heterocycles. The zero-order valence-electron chi connectivity index (χ0n) is 13.7. The largest absolute Gasteiger partial charge is 0.492 e. The Bertz CT molecular complexity index is 372. The summed E-state index contributed by atoms with van der Waals surface area (Å²) >= 11 is 0. The maximum atomic E-state index is 5.68. The Hall–Kier alpha value is -1.13. The van der Waals surface area contributed by atoms with Crippen molar-refractivity contribution in [1.82, 2.24) is 10.3 Å². The molecule has 1 atom stereocenters. The third kappa shape index (κ3) is 7.44. The quantitative estimate of drug-likeness (QED) is 0.597. The fourth-order valence-electron chi connectivity index (χ4n) is 2.16. The van der Waals surface area contributed by atoms with E-state index in [0.717, 1.165) is 57.8 Å². The molecule has 0 aliphatic rings. The number of nitrogens with zero attached hydrogens (tertiary/aromatic N) is 1. The fourth-order valence-corrected chi connectivity index (χ4v) is 2.16. The Morgan fingerprint density at radius 1 is 1.14 bits per heavy atom. The molecule has 4 heteroatoms. The molecule has 1 N–H and O–H groups in total. The number of pyridine rings is 1. The number of aromatic nitrogens is 1. The summed E-state index contributed by atoms with van der Waals surface area (Å²) in [7, 11) is 0. The highest BCUT2D eigenvalue weighted by Gasteiger charge is 2.12. The van der Waals surface area contributed by atoms with Crippen LogP contribution in [-0.4, -0.2) is 31.3 Å². The van der Waals surface area contributed by atoms with Crippen LogP contribution in [-0.2, 0) is 4.74 Å². The molecule has 1 aromatic rings. The van der Waals surface area contributed by atoms with Crippen LogP contribution in [0.2, 0.25) is 0 Å². The zero-order valence-corrected chi connectivity index (χ0v) is 13.7. The molecule has 0 saturated heterocycles. The third-order valence-electron chi connectivity index (χ3n) is 3.24. The lowest BCUT2D eigenvalue weighted by molar-refractivity contribution is 0.141. The lowest BCUT2D eigenvalue weighted by Crippen LogP contribution is -2.22. The summed E-state index contributed by atoms with van der Waals surface area (Å²) in [4.78, 5) is 4.31. The van der Waals surface area contributed by atoms with E-state index in [-0.39, 0.29) is 0 Å². The molecule has 1 heterocycles. The smallest absolute Gasteiger partial charge is 0.137 e. The number of ether oxygens (including phenoxy) is 2. The van der Waals surface area contributed by atoms with Gasteiger partial charge in [-0.1, -0.05) is 13.8 Å². The van der Waals surface area contributed by atoms with Crippen molar-refractivity contribution >= 4 is 0 Å². The first-order chi connectivity index (χ1) is 10.3. The van der Waals surface area contributed by atoms with E-state index in [9.17, 15) is 0 Å². The van der Waals surface area contributed by atoms with E-state index in [4.69, 9.17) is 9.47 Å². The van der Waals surface area contributed by atoms with Crippen molar-refractivity contribution in [3.8, 4) is 5.75 Å². The van der Waals surface area contributed by atoms with Crippen LogP contribution in [0.3, 0.4) is 0 Å². The molecule has 21 heavy (non-hydrogen) atoms. The van der Waals surface area contributed by atoms with Crippen LogP contribution < -0.4 is 10.1 Å². The van der Waals surface area contributed by atoms with Gasteiger partial charge < -0.3 is 14.8 Å². The van der Waals surface area contributed by atoms with Gasteiger partial charge in [-0.3, -0.25) is 4.98 Å². The lowest BCUT2D eigenvalue weighted by Gasteiger charge is -2.19. The summed E-state index contributed by atoms with van der Waals surface area (Å²) in [6, 6.07) is 2.43. The van der Waals surface area contributed by atoms with Gasteiger partial charge in [0, 0.05) is 25.5 Å². The second-order valence-electron chi connectivity index (χ2n) is 5.15. The normalized spacial score (nSPS) is 12.3. The van der Waals surface area contributed by atoms with E-state index < -0.39 is 0 Å². The first-order valence-corrected chi connectivity index (χ1v) is 8.20. The van der Waals surface area contributed by atoms with Crippen LogP contribution in [0.5, 0.6) is 5.75 Å². The van der Waals surface area contributed by atoms with Crippen LogP contribution in [0, 0.1) is 0 Å². The Morgan fingerprint density at radius 2 is 2.00 bits per heavy atom. The second-order valence-corrected chi connectivity index (χ2v) is 5.15. The van der Waals surface area contributed by atoms with Crippen molar-refractivity contribution in [1.29, 1.82) is 0 Å². The molecular weight excluding hydrogens is 264 g/mol. The summed E-state index contributed by atoms with van der Waals surface area (Å²) in [5, 5.41) is 3.59. The van der Waals surface area contributed by atoms with Gasteiger partial charge in [-0.2, -0.15) is 0 Å². The minimum absolute atomic E-state index is 0.322. The van der Waals surface area contributed by atoms with E-state index in [0.29, 0.717) is 6.04 Å². The van der Waals surface area contributed by atoms with Crippen LogP contribution in [0.25, 0.3) is 0 Å². The topological polar surface area (TPSA) is 43.4 Å². The van der Waals surface area contributed by atoms with Gasteiger partial charge in [0.25, 0.3) is 0 Å². The highest BCUT2D eigenvalue weighted by Crippen LogP contribution is 2.22. The Labute approximate surface area is 129 Å². The monoisotopic (exact) mass is 294 g/mol. The van der Waals surface area contributed by atoms with Crippen LogP contribution in [0.4, 0.5) is 0 Å². The van der Waals surface area contributed by atoms with Crippen molar-refractivity contribution in [3.63, 3.8) is 0 Å². The first kappa shape index (κ1) is 17.9. The second kappa shape index (κ2) is 11.5. The summed E-state index contributed by atoms with van der Waals surface area (Å²) in [5.41, 5.74) is 1.20. The number of hydrogen-bond acceptors (Lipinski definition) is 4. The van der Waals surface area contributed by atoms with Gasteiger partial charge in [-0.25, -0.2) is 0 Å². The van der Waals surface area contributed by atoms with Gasteiger partial charge in [0.2, 0.25) is 0 Å². The molecule has 0 aromatic carbocycles. The van der Waals surface area contributed by atoms with Crippen LogP contribution in [0.1, 0.15) is 58.1 Å². The van der Waals surface area contributed by atoms with E-state index in [1.54, 1.807) is 6.20 Å². The summed E-state index contributed by atoms with van der Waals surface area (Å²) in [5.74, 6) is 0.863. The highest BCUT2D eigenvalue weighted by molar-refractivity contribution is 5.26. The zero-order chi connectivity index (χ0) is 15.3. The van der Waals surface area contributed by atoms with Gasteiger partial charge in [0.05, 0.1) is 12.8 Å². The number of rotatable bonds is 12. The van der Waals surface area contributed by atoms with Gasteiger partial charge in [-0.05, 0) is 50.8 Å². The van der Waals surface area contributed by atoms with Gasteiger partial charge >= 0.3 is 0 Å². The molecule has 4 nitrogen and oxygen atoms in total. The van der Waals surface area contributed by atoms with Gasteiger partial charge in [-0.15, -0.1) is 0 Å². The predicted octanol–water partition coefficient (Wildman–Crippen LogP) is 3.73.